The van der Waals surface area contributed by atoms with Crippen LogP contribution in [0.2, 0.25) is 5.02 Å². The minimum absolute atomic E-state index is 0.0664. The fourth-order valence-corrected chi connectivity index (χ4v) is 2.76. The molecule has 22 heavy (non-hydrogen) atoms. The average Bonchev–Trinajstić information content (AvgIpc) is 2.99. The van der Waals surface area contributed by atoms with Crippen LogP contribution in [-0.4, -0.2) is 9.38 Å². The van der Waals surface area contributed by atoms with Crippen LogP contribution in [0.4, 0.5) is 0 Å². The van der Waals surface area contributed by atoms with Crippen LogP contribution < -0.4 is 5.56 Å². The van der Waals surface area contributed by atoms with Crippen molar-refractivity contribution < 1.29 is 0 Å². The number of halogens is 1. The van der Waals surface area contributed by atoms with Gasteiger partial charge in [0.25, 0.3) is 5.56 Å². The van der Waals surface area contributed by atoms with Crippen LogP contribution in [0.15, 0.2) is 71.7 Å². The second-order valence-corrected chi connectivity index (χ2v) is 5.49. The van der Waals surface area contributed by atoms with Gasteiger partial charge >= 0.3 is 0 Å². The van der Waals surface area contributed by atoms with E-state index in [4.69, 9.17) is 16.6 Å². The summed E-state index contributed by atoms with van der Waals surface area (Å²) >= 11 is 5.97. The lowest BCUT2D eigenvalue weighted by Gasteiger charge is -2.00. The molecule has 0 bridgehead atoms. The van der Waals surface area contributed by atoms with E-state index in [0.717, 1.165) is 16.8 Å². The molecular weight excluding hydrogens is 296 g/mol. The van der Waals surface area contributed by atoms with E-state index in [1.54, 1.807) is 16.7 Å². The van der Waals surface area contributed by atoms with Gasteiger partial charge in [-0.05, 0) is 36.4 Å². The first-order valence-electron chi connectivity index (χ1n) is 6.90. The third-order valence-corrected chi connectivity index (χ3v) is 3.95. The zero-order chi connectivity index (χ0) is 15.1. The van der Waals surface area contributed by atoms with Crippen molar-refractivity contribution in [2.75, 3.05) is 0 Å². The topological polar surface area (TPSA) is 34.4 Å². The molecule has 2 heterocycles. The zero-order valence-corrected chi connectivity index (χ0v) is 12.3. The fourth-order valence-electron chi connectivity index (χ4n) is 2.63. The molecule has 0 aliphatic carbocycles. The molecule has 0 radical (unpaired) electrons. The zero-order valence-electron chi connectivity index (χ0n) is 11.5. The van der Waals surface area contributed by atoms with Crippen LogP contribution in [0.3, 0.4) is 0 Å². The van der Waals surface area contributed by atoms with Crippen LogP contribution in [0.5, 0.6) is 0 Å². The quantitative estimate of drug-likeness (QED) is 0.529. The summed E-state index contributed by atoms with van der Waals surface area (Å²) in [6, 6.07) is 18.6. The number of para-hydroxylation sites is 1. The number of benzene rings is 2. The Kier molecular flexibility index (Phi) is 2.94. The van der Waals surface area contributed by atoms with Crippen LogP contribution >= 0.6 is 11.6 Å². The molecular formula is C18H11ClN2O. The molecule has 4 heteroatoms. The molecule has 106 valence electrons. The highest BCUT2D eigenvalue weighted by molar-refractivity contribution is 6.30. The van der Waals surface area contributed by atoms with Crippen molar-refractivity contribution in [2.45, 2.75) is 0 Å². The third kappa shape index (κ3) is 1.98. The maximum Gasteiger partial charge on any atom is 0.264 e. The van der Waals surface area contributed by atoms with Crippen LogP contribution in [-0.2, 0) is 0 Å². The van der Waals surface area contributed by atoms with Crippen molar-refractivity contribution in [1.82, 2.24) is 9.38 Å². The molecule has 4 aromatic rings. The van der Waals surface area contributed by atoms with Gasteiger partial charge in [-0.3, -0.25) is 9.20 Å². The summed E-state index contributed by atoms with van der Waals surface area (Å²) in [4.78, 5) is 17.4. The highest BCUT2D eigenvalue weighted by Crippen LogP contribution is 2.24. The van der Waals surface area contributed by atoms with Crippen LogP contribution in [0, 0.1) is 0 Å². The molecule has 0 atom stereocenters. The molecule has 4 rings (SSSR count). The van der Waals surface area contributed by atoms with Crippen molar-refractivity contribution in [3.63, 3.8) is 0 Å². The summed E-state index contributed by atoms with van der Waals surface area (Å²) in [6.45, 7) is 0. The SMILES string of the molecule is O=c1c2ccccc2nc(-c2ccc(Cl)cc2)c2cccn12. The molecule has 2 aromatic carbocycles. The predicted molar refractivity (Wildman–Crippen MR) is 89.4 cm³/mol. The van der Waals surface area contributed by atoms with Crippen molar-refractivity contribution in [1.29, 1.82) is 0 Å². The highest BCUT2D eigenvalue weighted by atomic mass is 35.5. The number of rotatable bonds is 1. The molecule has 0 saturated heterocycles. The standard InChI is InChI=1S/C18H11ClN2O/c19-13-9-7-12(8-10-13)17-16-6-3-11-21(16)18(22)14-4-1-2-5-15(14)20-17/h1-11H. The summed E-state index contributed by atoms with van der Waals surface area (Å²) in [6.07, 6.45) is 1.77. The molecule has 0 fully saturated rings. The first kappa shape index (κ1) is 13.0. The molecule has 0 amide bonds. The lowest BCUT2D eigenvalue weighted by Crippen LogP contribution is -2.08. The fraction of sp³-hybridized carbons (Fsp3) is 0. The van der Waals surface area contributed by atoms with Gasteiger partial charge in [-0.15, -0.1) is 0 Å². The van der Waals surface area contributed by atoms with Gasteiger partial charge in [0.15, 0.2) is 0 Å². The van der Waals surface area contributed by atoms with Crippen molar-refractivity contribution >= 4 is 28.0 Å². The third-order valence-electron chi connectivity index (χ3n) is 3.69. The molecule has 0 spiro atoms. The second kappa shape index (κ2) is 4.97. The number of aromatic nitrogens is 2. The minimum atomic E-state index is -0.0664. The van der Waals surface area contributed by atoms with Gasteiger partial charge < -0.3 is 0 Å². The number of nitrogens with zero attached hydrogens (tertiary/aromatic N) is 2. The summed E-state index contributed by atoms with van der Waals surface area (Å²) < 4.78 is 1.64. The first-order chi connectivity index (χ1) is 10.7. The van der Waals surface area contributed by atoms with Gasteiger partial charge in [0.05, 0.1) is 22.1 Å². The van der Waals surface area contributed by atoms with Crippen molar-refractivity contribution in [3.8, 4) is 11.3 Å². The normalized spacial score (nSPS) is 11.1. The summed E-state index contributed by atoms with van der Waals surface area (Å²) in [5.41, 5.74) is 3.09. The average molecular weight is 307 g/mol. The Morgan fingerprint density at radius 1 is 0.909 bits per heavy atom. The Morgan fingerprint density at radius 2 is 1.68 bits per heavy atom. The molecule has 0 aliphatic heterocycles. The van der Waals surface area contributed by atoms with Crippen molar-refractivity contribution in [3.05, 3.63) is 82.2 Å². The molecule has 0 aliphatic rings. The van der Waals surface area contributed by atoms with Gasteiger partial charge in [0.2, 0.25) is 0 Å². The Morgan fingerprint density at radius 3 is 2.50 bits per heavy atom. The molecule has 3 nitrogen and oxygen atoms in total. The van der Waals surface area contributed by atoms with E-state index in [2.05, 4.69) is 0 Å². The maximum absolute atomic E-state index is 12.7. The Bertz CT molecular complexity index is 1050. The second-order valence-electron chi connectivity index (χ2n) is 5.05. The lowest BCUT2D eigenvalue weighted by atomic mass is 10.1. The van der Waals surface area contributed by atoms with E-state index < -0.39 is 0 Å². The largest absolute Gasteiger partial charge is 0.282 e. The highest BCUT2D eigenvalue weighted by Gasteiger charge is 2.09. The predicted octanol–water partition coefficient (Wildman–Crippen LogP) is 4.17. The van der Waals surface area contributed by atoms with Gasteiger partial charge in [0.1, 0.15) is 0 Å². The number of hydrogen-bond acceptors (Lipinski definition) is 2. The monoisotopic (exact) mass is 306 g/mol. The lowest BCUT2D eigenvalue weighted by molar-refractivity contribution is 1.16. The van der Waals surface area contributed by atoms with Gasteiger partial charge in [-0.25, -0.2) is 4.98 Å². The van der Waals surface area contributed by atoms with E-state index in [0.29, 0.717) is 15.9 Å². The van der Waals surface area contributed by atoms with Gasteiger partial charge in [-0.1, -0.05) is 35.9 Å². The Balaban J connectivity index is 2.21. The Labute approximate surface area is 131 Å². The molecule has 0 N–H and O–H groups in total. The van der Waals surface area contributed by atoms with Gasteiger partial charge in [0, 0.05) is 16.8 Å². The smallest absolute Gasteiger partial charge is 0.264 e. The summed E-state index contributed by atoms with van der Waals surface area (Å²) in [5.74, 6) is 0. The van der Waals surface area contributed by atoms with Gasteiger partial charge in [-0.2, -0.15) is 0 Å². The van der Waals surface area contributed by atoms with E-state index in [-0.39, 0.29) is 5.56 Å². The molecule has 2 aromatic heterocycles. The van der Waals surface area contributed by atoms with E-state index >= 15 is 0 Å². The van der Waals surface area contributed by atoms with Crippen molar-refractivity contribution in [2.24, 2.45) is 0 Å². The maximum atomic E-state index is 12.7. The van der Waals surface area contributed by atoms with E-state index in [9.17, 15) is 4.79 Å². The molecule has 0 saturated carbocycles. The van der Waals surface area contributed by atoms with E-state index in [1.807, 2.05) is 54.6 Å². The first-order valence-corrected chi connectivity index (χ1v) is 7.28. The molecule has 0 unspecified atom stereocenters. The minimum Gasteiger partial charge on any atom is -0.282 e. The van der Waals surface area contributed by atoms with E-state index in [1.165, 1.54) is 0 Å². The number of fused-ring (bicyclic) bond motifs is 2. The summed E-state index contributed by atoms with van der Waals surface area (Å²) in [7, 11) is 0. The van der Waals surface area contributed by atoms with Crippen LogP contribution in [0.25, 0.3) is 27.7 Å². The summed E-state index contributed by atoms with van der Waals surface area (Å²) in [5, 5.41) is 1.27. The van der Waals surface area contributed by atoms with Crippen LogP contribution in [0.1, 0.15) is 0 Å². The number of hydrogen-bond donors (Lipinski definition) is 0. The Hall–Kier alpha value is -2.65.